The van der Waals surface area contributed by atoms with Gasteiger partial charge in [-0.1, -0.05) is 126 Å². The number of rotatable bonds is 6. The number of aromatic nitrogens is 1. The van der Waals surface area contributed by atoms with E-state index in [1.165, 1.54) is 33.3 Å². The third kappa shape index (κ3) is 4.77. The van der Waals surface area contributed by atoms with Gasteiger partial charge in [0.2, 0.25) is 0 Å². The standard InChI is InChI=1S/C50H34N3O/c1-4-14-33(15-5-1)39-21-12-23-42-43-24-13-22-40(48(43)54-47(39)42)36-26-31-46-44(32-36)41-20-10-11-25-45(41)52(46)37-27-29-38(30-28-37)53-49(34-16-6-2-7-17-34)51-50(53)35-18-8-3-9-19-35/h1-25,27-30,32H,26,31H2/q+1. The van der Waals surface area contributed by atoms with E-state index in [-0.39, 0.29) is 0 Å². The predicted octanol–water partition coefficient (Wildman–Crippen LogP) is 12.2. The highest BCUT2D eigenvalue weighted by Crippen LogP contribution is 2.43. The van der Waals surface area contributed by atoms with Crippen LogP contribution in [0.4, 0.5) is 5.69 Å². The highest BCUT2D eigenvalue weighted by molar-refractivity contribution is 6.16. The average molecular weight is 693 g/mol. The van der Waals surface area contributed by atoms with Gasteiger partial charge in [0.05, 0.1) is 16.6 Å². The van der Waals surface area contributed by atoms with Crippen LogP contribution in [0.3, 0.4) is 0 Å². The van der Waals surface area contributed by atoms with E-state index in [0.717, 1.165) is 80.1 Å². The van der Waals surface area contributed by atoms with Crippen molar-refractivity contribution >= 4 is 61.8 Å². The lowest BCUT2D eigenvalue weighted by Crippen LogP contribution is -2.34. The van der Waals surface area contributed by atoms with E-state index in [1.807, 2.05) is 12.1 Å². The lowest BCUT2D eigenvalue weighted by atomic mass is 9.90. The molecule has 0 saturated heterocycles. The van der Waals surface area contributed by atoms with Gasteiger partial charge in [-0.25, -0.2) is 0 Å². The number of fused-ring (bicyclic) bond motifs is 6. The van der Waals surface area contributed by atoms with Gasteiger partial charge in [-0.2, -0.15) is 4.58 Å². The van der Waals surface area contributed by atoms with Crippen molar-refractivity contribution in [2.24, 2.45) is 4.99 Å². The first kappa shape index (κ1) is 30.6. The molecule has 54 heavy (non-hydrogen) atoms. The highest BCUT2D eigenvalue weighted by Gasteiger charge is 2.33. The van der Waals surface area contributed by atoms with E-state index in [4.69, 9.17) is 9.41 Å². The van der Waals surface area contributed by atoms with Crippen molar-refractivity contribution in [3.05, 3.63) is 204 Å². The number of hydrogen-bond acceptors (Lipinski definition) is 2. The molecule has 9 aromatic rings. The summed E-state index contributed by atoms with van der Waals surface area (Å²) < 4.78 is 11.6. The Bertz CT molecular complexity index is 3000. The maximum atomic E-state index is 6.83. The Hall–Kier alpha value is -7.04. The molecule has 0 amide bonds. The van der Waals surface area contributed by atoms with Crippen LogP contribution in [0, 0.1) is 0 Å². The summed E-state index contributed by atoms with van der Waals surface area (Å²) in [5, 5.41) is 3.57. The first-order valence-electron chi connectivity index (χ1n) is 18.6. The number of benzene rings is 7. The van der Waals surface area contributed by atoms with Gasteiger partial charge in [-0.3, -0.25) is 0 Å². The molecule has 2 aliphatic rings. The summed E-state index contributed by atoms with van der Waals surface area (Å²) in [4.78, 5) is 5.01. The van der Waals surface area contributed by atoms with Crippen LogP contribution in [-0.4, -0.2) is 20.8 Å². The van der Waals surface area contributed by atoms with Gasteiger partial charge in [0.25, 0.3) is 11.7 Å². The summed E-state index contributed by atoms with van der Waals surface area (Å²) in [7, 11) is 0. The SMILES string of the molecule is C1=C(c2cccc3c2oc2c(-c4ccccc4)cccc23)CCc2c1c1ccccc1n2-c1ccc([N+]2=C(c3ccccc3)N=C2c2ccccc2)cc1. The van der Waals surface area contributed by atoms with Crippen molar-refractivity contribution in [3.63, 3.8) is 0 Å². The second-order valence-electron chi connectivity index (χ2n) is 14.1. The fourth-order valence-electron chi connectivity index (χ4n) is 8.46. The number of hydrogen-bond donors (Lipinski definition) is 0. The fourth-order valence-corrected chi connectivity index (χ4v) is 8.46. The largest absolute Gasteiger partial charge is 0.455 e. The van der Waals surface area contributed by atoms with E-state index >= 15 is 0 Å². The molecule has 7 aromatic carbocycles. The van der Waals surface area contributed by atoms with Crippen molar-refractivity contribution in [3.8, 4) is 16.8 Å². The number of allylic oxidation sites excluding steroid dienone is 1. The minimum absolute atomic E-state index is 0.920. The first-order valence-corrected chi connectivity index (χ1v) is 18.6. The van der Waals surface area contributed by atoms with Gasteiger partial charge >= 0.3 is 0 Å². The van der Waals surface area contributed by atoms with E-state index in [9.17, 15) is 0 Å². The predicted molar refractivity (Wildman–Crippen MR) is 222 cm³/mol. The van der Waals surface area contributed by atoms with Crippen LogP contribution in [0.5, 0.6) is 0 Å². The van der Waals surface area contributed by atoms with Crippen LogP contribution in [0.1, 0.15) is 34.4 Å². The molecule has 1 aliphatic heterocycles. The number of para-hydroxylation sites is 3. The molecule has 3 heterocycles. The summed E-state index contributed by atoms with van der Waals surface area (Å²) in [5.41, 5.74) is 15.0. The number of furan rings is 1. The molecule has 0 radical (unpaired) electrons. The van der Waals surface area contributed by atoms with Gasteiger partial charge in [-0.05, 0) is 84.7 Å². The van der Waals surface area contributed by atoms with Crippen molar-refractivity contribution in [1.29, 1.82) is 0 Å². The molecule has 1 aliphatic carbocycles. The number of nitrogens with zero attached hydrogens (tertiary/aromatic N) is 3. The molecule has 4 nitrogen and oxygen atoms in total. The average Bonchev–Trinajstić information content (AvgIpc) is 3.78. The van der Waals surface area contributed by atoms with Crippen LogP contribution in [-0.2, 0) is 6.42 Å². The Morgan fingerprint density at radius 3 is 1.81 bits per heavy atom. The minimum atomic E-state index is 0.920. The monoisotopic (exact) mass is 692 g/mol. The maximum Gasteiger partial charge on any atom is 0.279 e. The van der Waals surface area contributed by atoms with E-state index in [0.29, 0.717) is 0 Å². The van der Waals surface area contributed by atoms with E-state index in [2.05, 4.69) is 179 Å². The third-order valence-electron chi connectivity index (χ3n) is 11.0. The van der Waals surface area contributed by atoms with Crippen LogP contribution >= 0.6 is 0 Å². The molecule has 2 aromatic heterocycles. The zero-order valence-electron chi connectivity index (χ0n) is 29.5. The van der Waals surface area contributed by atoms with Crippen LogP contribution < -0.4 is 0 Å². The first-order chi connectivity index (χ1) is 26.8. The van der Waals surface area contributed by atoms with Gasteiger partial charge in [-0.15, -0.1) is 0 Å². The minimum Gasteiger partial charge on any atom is -0.455 e. The highest BCUT2D eigenvalue weighted by atomic mass is 16.3. The second-order valence-corrected chi connectivity index (χ2v) is 14.1. The molecule has 0 fully saturated rings. The molecule has 254 valence electrons. The molecule has 0 unspecified atom stereocenters. The Kier molecular flexibility index (Phi) is 6.96. The smallest absolute Gasteiger partial charge is 0.279 e. The maximum absolute atomic E-state index is 6.83. The molecule has 0 bridgehead atoms. The second kappa shape index (κ2) is 12.3. The van der Waals surface area contributed by atoms with Crippen molar-refractivity contribution < 1.29 is 8.99 Å². The lowest BCUT2D eigenvalue weighted by molar-refractivity contribution is -0.319. The molecule has 0 N–H and O–H groups in total. The molecule has 4 heteroatoms. The summed E-state index contributed by atoms with van der Waals surface area (Å²) in [5.74, 6) is 1.92. The Balaban J connectivity index is 1.01. The zero-order chi connectivity index (χ0) is 35.6. The summed E-state index contributed by atoms with van der Waals surface area (Å²) in [6.07, 6.45) is 4.26. The summed E-state index contributed by atoms with van der Waals surface area (Å²) in [6.45, 7) is 0. The van der Waals surface area contributed by atoms with E-state index in [1.54, 1.807) is 0 Å². The molecule has 0 spiro atoms. The van der Waals surface area contributed by atoms with Crippen molar-refractivity contribution in [2.75, 3.05) is 0 Å². The summed E-state index contributed by atoms with van der Waals surface area (Å²) in [6, 6.07) is 62.2. The zero-order valence-corrected chi connectivity index (χ0v) is 29.5. The Labute approximate surface area is 312 Å². The normalized spacial score (nSPS) is 13.9. The number of amidine groups is 2. The van der Waals surface area contributed by atoms with Gasteiger partial charge in [0, 0.05) is 44.2 Å². The number of aliphatic imine (C=N–C) groups is 1. The Morgan fingerprint density at radius 1 is 0.500 bits per heavy atom. The van der Waals surface area contributed by atoms with Crippen LogP contribution in [0.25, 0.3) is 61.3 Å². The quantitative estimate of drug-likeness (QED) is 0.160. The molecule has 11 rings (SSSR count). The molecule has 0 atom stereocenters. The molecular weight excluding hydrogens is 659 g/mol. The molecule has 0 saturated carbocycles. The topological polar surface area (TPSA) is 33.4 Å². The van der Waals surface area contributed by atoms with E-state index < -0.39 is 0 Å². The third-order valence-corrected chi connectivity index (χ3v) is 11.0. The summed E-state index contributed by atoms with van der Waals surface area (Å²) >= 11 is 0. The van der Waals surface area contributed by atoms with Crippen molar-refractivity contribution in [1.82, 2.24) is 4.57 Å². The Morgan fingerprint density at radius 2 is 1.09 bits per heavy atom. The molecular formula is C50H34N3O+. The van der Waals surface area contributed by atoms with Crippen molar-refractivity contribution in [2.45, 2.75) is 12.8 Å². The van der Waals surface area contributed by atoms with Gasteiger partial charge in [0.1, 0.15) is 16.9 Å². The van der Waals surface area contributed by atoms with Gasteiger partial charge < -0.3 is 8.98 Å². The lowest BCUT2D eigenvalue weighted by Gasteiger charge is -2.20. The van der Waals surface area contributed by atoms with Crippen LogP contribution in [0.15, 0.2) is 185 Å². The van der Waals surface area contributed by atoms with Crippen LogP contribution in [0.2, 0.25) is 0 Å². The fraction of sp³-hybridized carbons (Fsp3) is 0.0400. The van der Waals surface area contributed by atoms with Gasteiger partial charge in [0.15, 0.2) is 0 Å².